The van der Waals surface area contributed by atoms with E-state index in [9.17, 15) is 13.5 Å². The third-order valence-corrected chi connectivity index (χ3v) is 3.44. The Balaban J connectivity index is 2.35. The third-order valence-electron chi connectivity index (χ3n) is 2.24. The standard InChI is InChI=1S/C11H16ClNO3S/c1-17(15,16)7-6-13-8-11(14)9-2-4-10(12)5-3-9/h2-5,11,13-14H,6-8H2,1H3. The predicted molar refractivity (Wildman–Crippen MR) is 69.0 cm³/mol. The summed E-state index contributed by atoms with van der Waals surface area (Å²) >= 11 is 5.73. The minimum absolute atomic E-state index is 0.0698. The van der Waals surface area contributed by atoms with Gasteiger partial charge in [0.05, 0.1) is 11.9 Å². The minimum Gasteiger partial charge on any atom is -0.387 e. The zero-order chi connectivity index (χ0) is 12.9. The van der Waals surface area contributed by atoms with E-state index < -0.39 is 15.9 Å². The van der Waals surface area contributed by atoms with E-state index in [1.807, 2.05) is 0 Å². The fourth-order valence-corrected chi connectivity index (χ4v) is 1.94. The van der Waals surface area contributed by atoms with Crippen LogP contribution < -0.4 is 5.32 Å². The van der Waals surface area contributed by atoms with E-state index in [4.69, 9.17) is 11.6 Å². The Hall–Kier alpha value is -0.620. The Kier molecular flexibility index (Phi) is 5.39. The van der Waals surface area contributed by atoms with Gasteiger partial charge in [-0.2, -0.15) is 0 Å². The summed E-state index contributed by atoms with van der Waals surface area (Å²) in [7, 11) is -2.95. The molecule has 0 bridgehead atoms. The summed E-state index contributed by atoms with van der Waals surface area (Å²) in [5.74, 6) is 0.0698. The van der Waals surface area contributed by atoms with Crippen LogP contribution in [0.1, 0.15) is 11.7 Å². The Bertz CT molecular complexity index is 444. The van der Waals surface area contributed by atoms with Gasteiger partial charge in [-0.15, -0.1) is 0 Å². The van der Waals surface area contributed by atoms with Crippen molar-refractivity contribution in [3.63, 3.8) is 0 Å². The zero-order valence-electron chi connectivity index (χ0n) is 9.56. The molecule has 4 nitrogen and oxygen atoms in total. The number of hydrogen-bond donors (Lipinski definition) is 2. The summed E-state index contributed by atoms with van der Waals surface area (Å²) in [6, 6.07) is 6.89. The summed E-state index contributed by atoms with van der Waals surface area (Å²) in [6.45, 7) is 0.653. The van der Waals surface area contributed by atoms with Gasteiger partial charge in [0.2, 0.25) is 0 Å². The topological polar surface area (TPSA) is 66.4 Å². The molecule has 1 rings (SSSR count). The van der Waals surface area contributed by atoms with Gasteiger partial charge in [-0.1, -0.05) is 23.7 Å². The Labute approximate surface area is 107 Å². The van der Waals surface area contributed by atoms with E-state index >= 15 is 0 Å². The SMILES string of the molecule is CS(=O)(=O)CCNCC(O)c1ccc(Cl)cc1. The summed E-state index contributed by atoms with van der Waals surface area (Å²) in [4.78, 5) is 0. The normalized spacial score (nSPS) is 13.6. The van der Waals surface area contributed by atoms with Crippen LogP contribution in [0.25, 0.3) is 0 Å². The Morgan fingerprint density at radius 2 is 1.94 bits per heavy atom. The van der Waals surface area contributed by atoms with Crippen molar-refractivity contribution in [2.45, 2.75) is 6.10 Å². The molecule has 96 valence electrons. The molecular formula is C11H16ClNO3S. The maximum absolute atomic E-state index is 10.9. The first kappa shape index (κ1) is 14.4. The second kappa shape index (κ2) is 6.35. The molecule has 17 heavy (non-hydrogen) atoms. The smallest absolute Gasteiger partial charge is 0.148 e. The van der Waals surface area contributed by atoms with Gasteiger partial charge in [-0.25, -0.2) is 8.42 Å². The first-order valence-electron chi connectivity index (χ1n) is 5.20. The summed E-state index contributed by atoms with van der Waals surface area (Å²) in [5, 5.41) is 13.3. The average molecular weight is 278 g/mol. The van der Waals surface area contributed by atoms with Crippen molar-refractivity contribution in [2.24, 2.45) is 0 Å². The lowest BCUT2D eigenvalue weighted by molar-refractivity contribution is 0.175. The lowest BCUT2D eigenvalue weighted by Crippen LogP contribution is -2.26. The van der Waals surface area contributed by atoms with Crippen molar-refractivity contribution >= 4 is 21.4 Å². The van der Waals surface area contributed by atoms with Crippen LogP contribution in [0.3, 0.4) is 0 Å². The summed E-state index contributed by atoms with van der Waals surface area (Å²) in [6.07, 6.45) is 0.524. The molecule has 0 aliphatic heterocycles. The van der Waals surface area contributed by atoms with Gasteiger partial charge in [0.25, 0.3) is 0 Å². The molecule has 0 aliphatic rings. The zero-order valence-corrected chi connectivity index (χ0v) is 11.1. The van der Waals surface area contributed by atoms with Gasteiger partial charge in [-0.3, -0.25) is 0 Å². The van der Waals surface area contributed by atoms with Crippen LogP contribution in [-0.2, 0) is 9.84 Å². The molecule has 0 spiro atoms. The van der Waals surface area contributed by atoms with Crippen LogP contribution in [0.2, 0.25) is 5.02 Å². The fourth-order valence-electron chi connectivity index (χ4n) is 1.30. The van der Waals surface area contributed by atoms with Crippen molar-refractivity contribution in [1.29, 1.82) is 0 Å². The number of sulfone groups is 1. The molecule has 1 aromatic carbocycles. The molecule has 1 atom stereocenters. The van der Waals surface area contributed by atoms with Crippen LogP contribution in [0.4, 0.5) is 0 Å². The molecule has 0 fully saturated rings. The van der Waals surface area contributed by atoms with Gasteiger partial charge in [-0.05, 0) is 17.7 Å². The van der Waals surface area contributed by atoms with Crippen molar-refractivity contribution in [3.05, 3.63) is 34.9 Å². The average Bonchev–Trinajstić information content (AvgIpc) is 2.24. The molecule has 1 unspecified atom stereocenters. The van der Waals surface area contributed by atoms with Gasteiger partial charge < -0.3 is 10.4 Å². The number of nitrogens with one attached hydrogen (secondary N) is 1. The molecule has 0 aromatic heterocycles. The molecule has 1 aromatic rings. The van der Waals surface area contributed by atoms with Crippen molar-refractivity contribution in [2.75, 3.05) is 25.1 Å². The minimum atomic E-state index is -2.95. The number of rotatable bonds is 6. The highest BCUT2D eigenvalue weighted by Gasteiger charge is 2.07. The number of halogens is 1. The largest absolute Gasteiger partial charge is 0.387 e. The van der Waals surface area contributed by atoms with Crippen molar-refractivity contribution in [1.82, 2.24) is 5.32 Å². The second-order valence-electron chi connectivity index (χ2n) is 3.90. The molecule has 6 heteroatoms. The van der Waals surface area contributed by atoms with E-state index in [1.165, 1.54) is 6.26 Å². The van der Waals surface area contributed by atoms with E-state index in [-0.39, 0.29) is 5.75 Å². The molecular weight excluding hydrogens is 262 g/mol. The van der Waals surface area contributed by atoms with Gasteiger partial charge in [0.1, 0.15) is 9.84 Å². The Morgan fingerprint density at radius 3 is 2.47 bits per heavy atom. The first-order valence-corrected chi connectivity index (χ1v) is 7.64. The van der Waals surface area contributed by atoms with Crippen LogP contribution in [-0.4, -0.2) is 38.6 Å². The lowest BCUT2D eigenvalue weighted by Gasteiger charge is -2.11. The maximum atomic E-state index is 10.9. The van der Waals surface area contributed by atoms with E-state index in [0.717, 1.165) is 5.56 Å². The molecule has 0 saturated carbocycles. The van der Waals surface area contributed by atoms with Crippen LogP contribution in [0.5, 0.6) is 0 Å². The summed E-state index contributed by atoms with van der Waals surface area (Å²) < 4.78 is 21.7. The van der Waals surface area contributed by atoms with Crippen LogP contribution >= 0.6 is 11.6 Å². The van der Waals surface area contributed by atoms with Gasteiger partial charge in [0.15, 0.2) is 0 Å². The first-order chi connectivity index (χ1) is 7.88. The second-order valence-corrected chi connectivity index (χ2v) is 6.60. The monoisotopic (exact) mass is 277 g/mol. The highest BCUT2D eigenvalue weighted by atomic mass is 35.5. The number of aliphatic hydroxyl groups is 1. The summed E-state index contributed by atoms with van der Waals surface area (Å²) in [5.41, 5.74) is 0.751. The highest BCUT2D eigenvalue weighted by molar-refractivity contribution is 7.90. The molecule has 2 N–H and O–H groups in total. The lowest BCUT2D eigenvalue weighted by atomic mass is 10.1. The van der Waals surface area contributed by atoms with E-state index in [2.05, 4.69) is 5.32 Å². The van der Waals surface area contributed by atoms with Crippen LogP contribution in [0.15, 0.2) is 24.3 Å². The van der Waals surface area contributed by atoms with Crippen molar-refractivity contribution in [3.8, 4) is 0 Å². The van der Waals surface area contributed by atoms with Crippen LogP contribution in [0, 0.1) is 0 Å². The molecule has 0 heterocycles. The maximum Gasteiger partial charge on any atom is 0.148 e. The van der Waals surface area contributed by atoms with E-state index in [1.54, 1.807) is 24.3 Å². The highest BCUT2D eigenvalue weighted by Crippen LogP contribution is 2.15. The van der Waals surface area contributed by atoms with Crippen molar-refractivity contribution < 1.29 is 13.5 Å². The number of aliphatic hydroxyl groups excluding tert-OH is 1. The predicted octanol–water partition coefficient (Wildman–Crippen LogP) is 1.01. The third kappa shape index (κ3) is 6.02. The number of hydrogen-bond acceptors (Lipinski definition) is 4. The number of benzene rings is 1. The quantitative estimate of drug-likeness (QED) is 0.762. The molecule has 0 saturated heterocycles. The van der Waals surface area contributed by atoms with Gasteiger partial charge in [0, 0.05) is 24.4 Å². The molecule has 0 radical (unpaired) electrons. The van der Waals surface area contributed by atoms with E-state index in [0.29, 0.717) is 18.1 Å². The fraction of sp³-hybridized carbons (Fsp3) is 0.455. The Morgan fingerprint density at radius 1 is 1.35 bits per heavy atom. The van der Waals surface area contributed by atoms with Gasteiger partial charge >= 0.3 is 0 Å². The molecule has 0 aliphatic carbocycles. The molecule has 0 amide bonds.